The molecule has 0 saturated carbocycles. The van der Waals surface area contributed by atoms with Crippen molar-refractivity contribution in [3.8, 4) is 0 Å². The minimum atomic E-state index is -4.39. The highest BCUT2D eigenvalue weighted by molar-refractivity contribution is 9.10. The van der Waals surface area contributed by atoms with E-state index >= 15 is 0 Å². The zero-order valence-corrected chi connectivity index (χ0v) is 12.6. The first-order chi connectivity index (χ1) is 9.40. The topological polar surface area (TPSA) is 26.0 Å². The van der Waals surface area contributed by atoms with Crippen molar-refractivity contribution in [1.82, 2.24) is 0 Å². The molecule has 20 heavy (non-hydrogen) atoms. The van der Waals surface area contributed by atoms with Crippen molar-refractivity contribution in [2.75, 3.05) is 0 Å². The minimum Gasteiger partial charge on any atom is -0.326 e. The van der Waals surface area contributed by atoms with Gasteiger partial charge < -0.3 is 5.73 Å². The average Bonchev–Trinajstić information content (AvgIpc) is 2.38. The van der Waals surface area contributed by atoms with Crippen molar-refractivity contribution < 1.29 is 13.2 Å². The molecule has 6 heteroatoms. The molecule has 0 fully saturated rings. The molecule has 0 amide bonds. The largest absolute Gasteiger partial charge is 0.417 e. The van der Waals surface area contributed by atoms with Crippen LogP contribution < -0.4 is 5.73 Å². The summed E-state index contributed by atoms with van der Waals surface area (Å²) >= 11 is 4.39. The van der Waals surface area contributed by atoms with Crippen molar-refractivity contribution in [1.29, 1.82) is 0 Å². The number of nitrogens with two attached hydrogens (primary N) is 1. The number of hydrogen-bond donors (Lipinski definition) is 1. The molecule has 0 atom stereocenters. The maximum atomic E-state index is 13.1. The van der Waals surface area contributed by atoms with Crippen molar-refractivity contribution in [3.05, 3.63) is 58.1 Å². The molecular weight excluding hydrogens is 351 g/mol. The van der Waals surface area contributed by atoms with E-state index in [0.717, 1.165) is 27.2 Å². The number of alkyl halides is 3. The number of hydrogen-bond acceptors (Lipinski definition) is 2. The molecule has 0 spiro atoms. The van der Waals surface area contributed by atoms with Crippen molar-refractivity contribution in [3.63, 3.8) is 0 Å². The van der Waals surface area contributed by atoms with Crippen LogP contribution in [0.5, 0.6) is 0 Å². The number of halogens is 4. The first-order valence-corrected chi connectivity index (χ1v) is 7.34. The summed E-state index contributed by atoms with van der Waals surface area (Å²) in [6.45, 7) is 0.0882. The van der Waals surface area contributed by atoms with E-state index in [9.17, 15) is 13.2 Å². The fourth-order valence-electron chi connectivity index (χ4n) is 1.67. The van der Waals surface area contributed by atoms with Crippen LogP contribution in [0, 0.1) is 0 Å². The van der Waals surface area contributed by atoms with Gasteiger partial charge in [0.15, 0.2) is 0 Å². The standard InChI is InChI=1S/C14H11BrF3NS/c15-10-2-1-3-11(7-10)20-13-5-4-9(8-19)6-12(13)14(16,17)18/h1-7H,8,19H2. The van der Waals surface area contributed by atoms with Gasteiger partial charge in [0.25, 0.3) is 0 Å². The van der Waals surface area contributed by atoms with Gasteiger partial charge in [-0.05, 0) is 35.9 Å². The highest BCUT2D eigenvalue weighted by Gasteiger charge is 2.33. The fraction of sp³-hybridized carbons (Fsp3) is 0.143. The SMILES string of the molecule is NCc1ccc(Sc2cccc(Br)c2)c(C(F)(F)F)c1. The van der Waals surface area contributed by atoms with Gasteiger partial charge >= 0.3 is 6.18 Å². The highest BCUT2D eigenvalue weighted by atomic mass is 79.9. The highest BCUT2D eigenvalue weighted by Crippen LogP contribution is 2.40. The fourth-order valence-corrected chi connectivity index (χ4v) is 3.23. The summed E-state index contributed by atoms with van der Waals surface area (Å²) in [5, 5.41) is 0. The Morgan fingerprint density at radius 1 is 1.10 bits per heavy atom. The molecule has 2 rings (SSSR count). The Kier molecular flexibility index (Phi) is 4.78. The Bertz CT molecular complexity index is 614. The zero-order valence-electron chi connectivity index (χ0n) is 10.2. The second-order valence-electron chi connectivity index (χ2n) is 4.09. The number of benzene rings is 2. The van der Waals surface area contributed by atoms with E-state index in [1.54, 1.807) is 24.3 Å². The van der Waals surface area contributed by atoms with Crippen LogP contribution in [-0.2, 0) is 12.7 Å². The molecule has 2 aromatic rings. The van der Waals surface area contributed by atoms with Crippen LogP contribution in [0.4, 0.5) is 13.2 Å². The molecule has 0 aliphatic heterocycles. The molecule has 0 bridgehead atoms. The van der Waals surface area contributed by atoms with E-state index < -0.39 is 11.7 Å². The van der Waals surface area contributed by atoms with Gasteiger partial charge in [0, 0.05) is 20.8 Å². The Hall–Kier alpha value is -0.980. The predicted molar refractivity (Wildman–Crippen MR) is 77.6 cm³/mol. The Balaban J connectivity index is 2.41. The molecular formula is C14H11BrF3NS. The molecule has 2 N–H and O–H groups in total. The summed E-state index contributed by atoms with van der Waals surface area (Å²) in [5.41, 5.74) is 5.22. The molecule has 0 aromatic heterocycles. The molecule has 0 heterocycles. The van der Waals surface area contributed by atoms with Crippen LogP contribution in [0.25, 0.3) is 0 Å². The van der Waals surface area contributed by atoms with Gasteiger partial charge in [0.05, 0.1) is 5.56 Å². The number of rotatable bonds is 3. The van der Waals surface area contributed by atoms with E-state index in [1.165, 1.54) is 6.07 Å². The molecule has 0 saturated heterocycles. The lowest BCUT2D eigenvalue weighted by Gasteiger charge is -2.14. The summed E-state index contributed by atoms with van der Waals surface area (Å²) in [6, 6.07) is 11.4. The predicted octanol–water partition coefficient (Wildman–Crippen LogP) is 5.08. The van der Waals surface area contributed by atoms with Crippen molar-refractivity contribution >= 4 is 27.7 Å². The summed E-state index contributed by atoms with van der Waals surface area (Å²) in [7, 11) is 0. The van der Waals surface area contributed by atoms with Crippen LogP contribution in [-0.4, -0.2) is 0 Å². The lowest BCUT2D eigenvalue weighted by molar-refractivity contribution is -0.139. The summed E-state index contributed by atoms with van der Waals surface area (Å²) < 4.78 is 40.1. The third-order valence-corrected chi connectivity index (χ3v) is 4.17. The monoisotopic (exact) mass is 361 g/mol. The van der Waals surface area contributed by atoms with E-state index in [-0.39, 0.29) is 11.4 Å². The molecule has 2 aromatic carbocycles. The van der Waals surface area contributed by atoms with E-state index in [0.29, 0.717) is 5.56 Å². The molecule has 0 unspecified atom stereocenters. The van der Waals surface area contributed by atoms with Crippen LogP contribution in [0.15, 0.2) is 56.7 Å². The lowest BCUT2D eigenvalue weighted by Crippen LogP contribution is -2.08. The first kappa shape index (κ1) is 15.4. The Labute approximate surface area is 127 Å². The van der Waals surface area contributed by atoms with Gasteiger partial charge in [-0.15, -0.1) is 0 Å². The molecule has 106 valence electrons. The second-order valence-corrected chi connectivity index (χ2v) is 6.12. The lowest BCUT2D eigenvalue weighted by atomic mass is 10.1. The molecule has 0 aliphatic rings. The van der Waals surface area contributed by atoms with E-state index in [1.807, 2.05) is 6.07 Å². The van der Waals surface area contributed by atoms with Crippen LogP contribution in [0.2, 0.25) is 0 Å². The van der Waals surface area contributed by atoms with Crippen molar-refractivity contribution in [2.24, 2.45) is 5.73 Å². The maximum Gasteiger partial charge on any atom is 0.417 e. The molecule has 0 aliphatic carbocycles. The normalized spacial score (nSPS) is 11.7. The smallest absolute Gasteiger partial charge is 0.326 e. The van der Waals surface area contributed by atoms with Gasteiger partial charge in [0.2, 0.25) is 0 Å². The third-order valence-electron chi connectivity index (χ3n) is 2.61. The quantitative estimate of drug-likeness (QED) is 0.824. The van der Waals surface area contributed by atoms with Gasteiger partial charge in [0.1, 0.15) is 0 Å². The summed E-state index contributed by atoms with van der Waals surface area (Å²) in [4.78, 5) is 0.915. The van der Waals surface area contributed by atoms with Crippen LogP contribution in [0.1, 0.15) is 11.1 Å². The van der Waals surface area contributed by atoms with Gasteiger partial charge in [-0.25, -0.2) is 0 Å². The van der Waals surface area contributed by atoms with Crippen molar-refractivity contribution in [2.45, 2.75) is 22.5 Å². The van der Waals surface area contributed by atoms with Gasteiger partial charge in [-0.2, -0.15) is 13.2 Å². The Morgan fingerprint density at radius 3 is 2.45 bits per heavy atom. The van der Waals surface area contributed by atoms with Crippen LogP contribution in [0.3, 0.4) is 0 Å². The minimum absolute atomic E-state index is 0.0882. The molecule has 1 nitrogen and oxygen atoms in total. The molecule has 0 radical (unpaired) electrons. The maximum absolute atomic E-state index is 13.1. The third kappa shape index (κ3) is 3.77. The van der Waals surface area contributed by atoms with Gasteiger partial charge in [-0.1, -0.05) is 39.8 Å². The van der Waals surface area contributed by atoms with E-state index in [4.69, 9.17) is 5.73 Å². The van der Waals surface area contributed by atoms with Crippen LogP contribution >= 0.6 is 27.7 Å². The van der Waals surface area contributed by atoms with E-state index in [2.05, 4.69) is 15.9 Å². The average molecular weight is 362 g/mol. The first-order valence-electron chi connectivity index (χ1n) is 5.74. The summed E-state index contributed by atoms with van der Waals surface area (Å²) in [6.07, 6.45) is -4.39. The summed E-state index contributed by atoms with van der Waals surface area (Å²) in [5.74, 6) is 0. The Morgan fingerprint density at radius 2 is 1.85 bits per heavy atom. The second kappa shape index (κ2) is 6.20. The zero-order chi connectivity index (χ0) is 14.8. The van der Waals surface area contributed by atoms with Gasteiger partial charge in [-0.3, -0.25) is 0 Å².